The summed E-state index contributed by atoms with van der Waals surface area (Å²) >= 11 is 5.51. The zero-order chi connectivity index (χ0) is 9.15. The fourth-order valence-electron chi connectivity index (χ4n) is 2.58. The number of halogens is 1. The van der Waals surface area contributed by atoms with Crippen LogP contribution in [0.25, 0.3) is 0 Å². The van der Waals surface area contributed by atoms with Crippen LogP contribution in [0.15, 0.2) is 11.6 Å². The van der Waals surface area contributed by atoms with Crippen LogP contribution < -0.4 is 0 Å². The lowest BCUT2D eigenvalue weighted by molar-refractivity contribution is 0.0380. The van der Waals surface area contributed by atoms with Gasteiger partial charge in [-0.1, -0.05) is 24.1 Å². The molecule has 0 aromatic heterocycles. The first-order valence-electron chi connectivity index (χ1n) is 5.32. The molecule has 0 amide bonds. The molecule has 2 rings (SSSR count). The molecule has 1 saturated carbocycles. The molecule has 0 radical (unpaired) electrons. The van der Waals surface area contributed by atoms with Crippen molar-refractivity contribution in [3.63, 3.8) is 0 Å². The highest BCUT2D eigenvalue weighted by Gasteiger charge is 2.38. The lowest BCUT2D eigenvalue weighted by atomic mass is 9.63. The van der Waals surface area contributed by atoms with Gasteiger partial charge in [0.05, 0.1) is 0 Å². The summed E-state index contributed by atoms with van der Waals surface area (Å²) in [6.07, 6.45) is 9.34. The summed E-state index contributed by atoms with van der Waals surface area (Å²) in [6, 6.07) is 0. The van der Waals surface area contributed by atoms with E-state index in [4.69, 9.17) is 11.6 Å². The van der Waals surface area contributed by atoms with Crippen molar-refractivity contribution >= 4 is 11.6 Å². The molecule has 1 aliphatic heterocycles. The maximum Gasteiger partial charge on any atom is 0.0174 e. The molecular weight excluding hydrogens is 182 g/mol. The molecule has 1 saturated heterocycles. The molecule has 0 aromatic rings. The Morgan fingerprint density at radius 1 is 1.15 bits per heavy atom. The monoisotopic (exact) mass is 199 g/mol. The summed E-state index contributed by atoms with van der Waals surface area (Å²) in [4.78, 5) is 2.50. The van der Waals surface area contributed by atoms with E-state index in [0.29, 0.717) is 0 Å². The van der Waals surface area contributed by atoms with Crippen LogP contribution in [0.3, 0.4) is 0 Å². The quantitative estimate of drug-likeness (QED) is 0.661. The summed E-state index contributed by atoms with van der Waals surface area (Å²) < 4.78 is 0. The lowest BCUT2D eigenvalue weighted by Crippen LogP contribution is -2.43. The van der Waals surface area contributed by atoms with Gasteiger partial charge in [-0.25, -0.2) is 0 Å². The predicted molar refractivity (Wildman–Crippen MR) is 57.0 cm³/mol. The highest BCUT2D eigenvalue weighted by molar-refractivity contribution is 6.25. The molecule has 0 aromatic carbocycles. The van der Waals surface area contributed by atoms with Crippen LogP contribution in [0, 0.1) is 5.41 Å². The molecule has 13 heavy (non-hydrogen) atoms. The van der Waals surface area contributed by atoms with E-state index < -0.39 is 0 Å². The zero-order valence-electron chi connectivity index (χ0n) is 8.14. The van der Waals surface area contributed by atoms with Gasteiger partial charge in [-0.2, -0.15) is 0 Å². The molecule has 74 valence electrons. The summed E-state index contributed by atoms with van der Waals surface area (Å²) in [6.45, 7) is 3.60. The molecule has 1 nitrogen and oxygen atoms in total. The number of nitrogens with zero attached hydrogens (tertiary/aromatic N) is 1. The Labute approximate surface area is 85.8 Å². The molecular formula is C11H18ClN. The van der Waals surface area contributed by atoms with E-state index in [0.717, 1.165) is 12.0 Å². The average molecular weight is 200 g/mol. The Hall–Kier alpha value is -0.0100. The predicted octanol–water partition coefficient (Wildman–Crippen LogP) is 3.01. The number of hydrogen-bond donors (Lipinski definition) is 0. The van der Waals surface area contributed by atoms with E-state index in [1.807, 2.05) is 6.08 Å². The molecule has 2 aliphatic rings. The smallest absolute Gasteiger partial charge is 0.0174 e. The second kappa shape index (κ2) is 4.02. The first-order chi connectivity index (χ1) is 6.35. The first kappa shape index (κ1) is 9.54. The van der Waals surface area contributed by atoms with Crippen LogP contribution in [0.4, 0.5) is 0 Å². The van der Waals surface area contributed by atoms with Gasteiger partial charge in [0.1, 0.15) is 0 Å². The second-order valence-electron chi connectivity index (χ2n) is 4.52. The number of hydrogen-bond acceptors (Lipinski definition) is 1. The van der Waals surface area contributed by atoms with E-state index in [2.05, 4.69) is 4.90 Å². The van der Waals surface area contributed by atoms with Crippen molar-refractivity contribution in [2.24, 2.45) is 5.41 Å². The maximum absolute atomic E-state index is 5.51. The molecule has 0 bridgehead atoms. The molecule has 1 spiro atoms. The minimum Gasteiger partial charge on any atom is -0.300 e. The van der Waals surface area contributed by atoms with Gasteiger partial charge in [0.2, 0.25) is 0 Å². The first-order valence-corrected chi connectivity index (χ1v) is 5.76. The van der Waals surface area contributed by atoms with Gasteiger partial charge in [-0.05, 0) is 44.2 Å². The lowest BCUT2D eigenvalue weighted by Gasteiger charge is -2.47. The van der Waals surface area contributed by atoms with Gasteiger partial charge in [0, 0.05) is 12.1 Å². The third-order valence-electron chi connectivity index (χ3n) is 3.78. The van der Waals surface area contributed by atoms with E-state index in [9.17, 15) is 0 Å². The number of likely N-dealkylation sites (tertiary alicyclic amines) is 1. The maximum atomic E-state index is 5.51. The molecule has 0 atom stereocenters. The summed E-state index contributed by atoms with van der Waals surface area (Å²) in [5.41, 5.74) is 2.41. The minimum absolute atomic E-state index is 0.779. The SMILES string of the molecule is Cl/C=C/CN1CCC2(CCC2)CC1. The summed E-state index contributed by atoms with van der Waals surface area (Å²) in [5.74, 6) is 0. The topological polar surface area (TPSA) is 3.24 Å². The Balaban J connectivity index is 1.75. The standard InChI is InChI=1S/C11H18ClN/c12-7-2-8-13-9-5-11(6-10-13)3-1-4-11/h2,7H,1,3-6,8-10H2/b7-2+. The van der Waals surface area contributed by atoms with Gasteiger partial charge >= 0.3 is 0 Å². The van der Waals surface area contributed by atoms with E-state index in [1.54, 1.807) is 5.54 Å². The fourth-order valence-corrected chi connectivity index (χ4v) is 2.66. The number of rotatable bonds is 2. The van der Waals surface area contributed by atoms with Crippen LogP contribution in [-0.2, 0) is 0 Å². The van der Waals surface area contributed by atoms with Gasteiger partial charge in [-0.3, -0.25) is 4.90 Å². The fraction of sp³-hybridized carbons (Fsp3) is 0.818. The summed E-state index contributed by atoms with van der Waals surface area (Å²) in [5, 5.41) is 0. The Kier molecular flexibility index (Phi) is 2.95. The van der Waals surface area contributed by atoms with Crippen molar-refractivity contribution in [2.75, 3.05) is 19.6 Å². The van der Waals surface area contributed by atoms with Gasteiger partial charge in [-0.15, -0.1) is 0 Å². The Morgan fingerprint density at radius 2 is 1.85 bits per heavy atom. The molecule has 1 aliphatic carbocycles. The minimum atomic E-state index is 0.779. The number of piperidine rings is 1. The normalized spacial score (nSPS) is 28.1. The van der Waals surface area contributed by atoms with Crippen molar-refractivity contribution in [3.8, 4) is 0 Å². The second-order valence-corrected chi connectivity index (χ2v) is 4.77. The van der Waals surface area contributed by atoms with Gasteiger partial charge < -0.3 is 0 Å². The van der Waals surface area contributed by atoms with E-state index >= 15 is 0 Å². The van der Waals surface area contributed by atoms with E-state index in [-0.39, 0.29) is 0 Å². The third kappa shape index (κ3) is 2.08. The zero-order valence-corrected chi connectivity index (χ0v) is 8.89. The Morgan fingerprint density at radius 3 is 2.31 bits per heavy atom. The van der Waals surface area contributed by atoms with Crippen LogP contribution >= 0.6 is 11.6 Å². The van der Waals surface area contributed by atoms with Crippen LogP contribution in [-0.4, -0.2) is 24.5 Å². The van der Waals surface area contributed by atoms with Crippen LogP contribution in [0.2, 0.25) is 0 Å². The molecule has 1 heterocycles. The van der Waals surface area contributed by atoms with Crippen LogP contribution in [0.1, 0.15) is 32.1 Å². The van der Waals surface area contributed by atoms with Gasteiger partial charge in [0.25, 0.3) is 0 Å². The Bertz CT molecular complexity index is 186. The summed E-state index contributed by atoms with van der Waals surface area (Å²) in [7, 11) is 0. The van der Waals surface area contributed by atoms with Crippen molar-refractivity contribution < 1.29 is 0 Å². The van der Waals surface area contributed by atoms with Crippen molar-refractivity contribution in [1.82, 2.24) is 4.90 Å². The molecule has 0 unspecified atom stereocenters. The molecule has 2 fully saturated rings. The largest absolute Gasteiger partial charge is 0.300 e. The van der Waals surface area contributed by atoms with Gasteiger partial charge in [0.15, 0.2) is 0 Å². The van der Waals surface area contributed by atoms with E-state index in [1.165, 1.54) is 45.2 Å². The third-order valence-corrected chi connectivity index (χ3v) is 3.96. The van der Waals surface area contributed by atoms with Crippen molar-refractivity contribution in [1.29, 1.82) is 0 Å². The van der Waals surface area contributed by atoms with Crippen molar-refractivity contribution in [2.45, 2.75) is 32.1 Å². The highest BCUT2D eigenvalue weighted by Crippen LogP contribution is 2.48. The van der Waals surface area contributed by atoms with Crippen molar-refractivity contribution in [3.05, 3.63) is 11.6 Å². The molecule has 2 heteroatoms. The van der Waals surface area contributed by atoms with Crippen LogP contribution in [0.5, 0.6) is 0 Å². The average Bonchev–Trinajstić information content (AvgIpc) is 2.13. The highest BCUT2D eigenvalue weighted by atomic mass is 35.5. The molecule has 0 N–H and O–H groups in total.